The fourth-order valence-electron chi connectivity index (χ4n) is 3.62. The Kier molecular flexibility index (Phi) is 9.34. The van der Waals surface area contributed by atoms with Gasteiger partial charge in [0.2, 0.25) is 0 Å². The number of rotatable bonds is 12. The maximum Gasteiger partial charge on any atom is 0.148 e. The second-order valence-electron chi connectivity index (χ2n) is 8.85. The summed E-state index contributed by atoms with van der Waals surface area (Å²) in [5, 5.41) is 6.72. The van der Waals surface area contributed by atoms with E-state index in [4.69, 9.17) is 20.8 Å². The van der Waals surface area contributed by atoms with Gasteiger partial charge in [-0.15, -0.1) is 0 Å². The van der Waals surface area contributed by atoms with Crippen molar-refractivity contribution in [3.05, 3.63) is 100 Å². The number of furan rings is 1. The van der Waals surface area contributed by atoms with Crippen molar-refractivity contribution in [1.82, 2.24) is 15.3 Å². The van der Waals surface area contributed by atoms with E-state index in [1.54, 1.807) is 24.3 Å². The third kappa shape index (κ3) is 8.64. The van der Waals surface area contributed by atoms with E-state index in [1.807, 2.05) is 37.3 Å². The fourth-order valence-corrected chi connectivity index (χ4v) is 4.37. The van der Waals surface area contributed by atoms with Gasteiger partial charge in [-0.2, -0.15) is 0 Å². The molecule has 0 aliphatic rings. The number of anilines is 2. The van der Waals surface area contributed by atoms with Crippen molar-refractivity contribution in [2.45, 2.75) is 20.1 Å². The monoisotopic (exact) mass is 570 g/mol. The maximum atomic E-state index is 13.4. The third-order valence-electron chi connectivity index (χ3n) is 5.61. The van der Waals surface area contributed by atoms with Crippen LogP contribution in [0.2, 0.25) is 5.02 Å². The van der Waals surface area contributed by atoms with Crippen LogP contribution >= 0.6 is 11.6 Å². The Labute approximate surface area is 231 Å². The number of hydrogen-bond acceptors (Lipinski definition) is 8. The lowest BCUT2D eigenvalue weighted by Crippen LogP contribution is -2.21. The summed E-state index contributed by atoms with van der Waals surface area (Å²) in [4.78, 5) is 8.68. The highest BCUT2D eigenvalue weighted by Crippen LogP contribution is 2.31. The van der Waals surface area contributed by atoms with Crippen LogP contribution in [0.15, 0.2) is 65.3 Å². The summed E-state index contributed by atoms with van der Waals surface area (Å²) >= 11 is 6.44. The molecule has 11 heteroatoms. The van der Waals surface area contributed by atoms with Crippen molar-refractivity contribution in [3.63, 3.8) is 0 Å². The molecule has 2 N–H and O–H groups in total. The zero-order valence-electron chi connectivity index (χ0n) is 21.4. The number of aromatic nitrogens is 2. The van der Waals surface area contributed by atoms with E-state index in [0.717, 1.165) is 11.3 Å². The lowest BCUT2D eigenvalue weighted by molar-refractivity contribution is 0.306. The normalized spacial score (nSPS) is 11.7. The molecule has 39 heavy (non-hydrogen) atoms. The maximum absolute atomic E-state index is 13.4. The molecule has 0 saturated heterocycles. The van der Waals surface area contributed by atoms with Crippen molar-refractivity contribution in [2.75, 3.05) is 23.9 Å². The molecule has 0 unspecified atom stereocenters. The second kappa shape index (κ2) is 12.9. The van der Waals surface area contributed by atoms with Crippen LogP contribution in [0, 0.1) is 12.7 Å². The first kappa shape index (κ1) is 28.3. The third-order valence-corrected chi connectivity index (χ3v) is 6.85. The van der Waals surface area contributed by atoms with Gasteiger partial charge in [-0.25, -0.2) is 22.8 Å². The predicted molar refractivity (Wildman–Crippen MR) is 151 cm³/mol. The summed E-state index contributed by atoms with van der Waals surface area (Å²) in [6, 6.07) is 15.1. The van der Waals surface area contributed by atoms with Crippen LogP contribution < -0.4 is 15.4 Å². The van der Waals surface area contributed by atoms with Gasteiger partial charge in [0.05, 0.1) is 23.0 Å². The Hall–Kier alpha value is -3.73. The minimum Gasteiger partial charge on any atom is -0.487 e. The molecule has 2 heterocycles. The molecule has 0 atom stereocenters. The van der Waals surface area contributed by atoms with E-state index in [1.165, 1.54) is 24.7 Å². The average Bonchev–Trinajstić information content (AvgIpc) is 3.33. The number of aryl methyl sites for hydroxylation is 1. The van der Waals surface area contributed by atoms with Crippen molar-refractivity contribution in [3.8, 4) is 5.75 Å². The molecule has 4 aromatic rings. The molecule has 4 rings (SSSR count). The average molecular weight is 571 g/mol. The summed E-state index contributed by atoms with van der Waals surface area (Å²) in [5.74, 6) is 2.13. The minimum atomic E-state index is -3.01. The summed E-state index contributed by atoms with van der Waals surface area (Å²) in [6.07, 6.45) is 6.35. The number of nitrogens with zero attached hydrogens (tertiary/aromatic N) is 2. The van der Waals surface area contributed by atoms with Gasteiger partial charge in [0.1, 0.15) is 51.7 Å². The molecule has 204 valence electrons. The Bertz CT molecular complexity index is 1570. The van der Waals surface area contributed by atoms with Gasteiger partial charge >= 0.3 is 0 Å². The van der Waals surface area contributed by atoms with E-state index in [9.17, 15) is 12.8 Å². The van der Waals surface area contributed by atoms with E-state index in [2.05, 4.69) is 20.6 Å². The zero-order valence-corrected chi connectivity index (χ0v) is 23.0. The first-order valence-corrected chi connectivity index (χ1v) is 14.5. The summed E-state index contributed by atoms with van der Waals surface area (Å²) < 4.78 is 47.5. The highest BCUT2D eigenvalue weighted by molar-refractivity contribution is 7.90. The number of nitrogens with one attached hydrogen (secondary N) is 2. The van der Waals surface area contributed by atoms with Crippen LogP contribution in [0.3, 0.4) is 0 Å². The van der Waals surface area contributed by atoms with Gasteiger partial charge in [0.25, 0.3) is 0 Å². The number of ether oxygens (including phenoxy) is 1. The van der Waals surface area contributed by atoms with Crippen molar-refractivity contribution in [1.29, 1.82) is 0 Å². The molecule has 0 amide bonds. The van der Waals surface area contributed by atoms with Crippen LogP contribution in [0.25, 0.3) is 12.2 Å². The predicted octanol–water partition coefficient (Wildman–Crippen LogP) is 5.80. The number of halogens is 2. The molecular formula is C28H28ClFN4O4S. The quantitative estimate of drug-likeness (QED) is 0.206. The fraction of sp³-hybridized carbons (Fsp3) is 0.214. The van der Waals surface area contributed by atoms with E-state index in [0.29, 0.717) is 52.5 Å². The molecule has 0 saturated carbocycles. The first-order chi connectivity index (χ1) is 18.7. The Morgan fingerprint density at radius 2 is 1.95 bits per heavy atom. The molecule has 2 aromatic carbocycles. The van der Waals surface area contributed by atoms with Gasteiger partial charge in [-0.1, -0.05) is 23.7 Å². The molecule has 0 bridgehead atoms. The Morgan fingerprint density at radius 1 is 1.10 bits per heavy atom. The topological polar surface area (TPSA) is 106 Å². The van der Waals surface area contributed by atoms with Gasteiger partial charge in [0.15, 0.2) is 0 Å². The van der Waals surface area contributed by atoms with Gasteiger partial charge in [-0.3, -0.25) is 0 Å². The summed E-state index contributed by atoms with van der Waals surface area (Å²) in [5.41, 5.74) is 2.93. The molecule has 0 aliphatic heterocycles. The van der Waals surface area contributed by atoms with Crippen molar-refractivity contribution >= 4 is 45.1 Å². The van der Waals surface area contributed by atoms with E-state index < -0.39 is 9.84 Å². The van der Waals surface area contributed by atoms with E-state index >= 15 is 0 Å². The number of benzene rings is 2. The van der Waals surface area contributed by atoms with Crippen LogP contribution in [0.5, 0.6) is 5.75 Å². The van der Waals surface area contributed by atoms with Crippen LogP contribution in [-0.4, -0.2) is 36.9 Å². The van der Waals surface area contributed by atoms with Gasteiger partial charge in [-0.05, 0) is 67.1 Å². The van der Waals surface area contributed by atoms with Crippen LogP contribution in [0.4, 0.5) is 15.9 Å². The molecule has 8 nitrogen and oxygen atoms in total. The van der Waals surface area contributed by atoms with Gasteiger partial charge < -0.3 is 19.8 Å². The lowest BCUT2D eigenvalue weighted by Gasteiger charge is -2.13. The van der Waals surface area contributed by atoms with Gasteiger partial charge in [0, 0.05) is 24.1 Å². The first-order valence-electron chi connectivity index (χ1n) is 12.1. The highest BCUT2D eigenvalue weighted by Gasteiger charge is 2.10. The molecule has 2 aromatic heterocycles. The van der Waals surface area contributed by atoms with E-state index in [-0.39, 0.29) is 18.2 Å². The van der Waals surface area contributed by atoms with Crippen LogP contribution in [-0.2, 0) is 23.0 Å². The minimum absolute atomic E-state index is 0.0689. The Morgan fingerprint density at radius 3 is 2.72 bits per heavy atom. The SMILES string of the molecule is Cc1ncnc(Nc2ccc(OCc3cccc(F)c3)c(Cl)c2)c1/C=C/c1ccc(CNCCS(C)(=O)=O)o1. The number of hydrogen-bond donors (Lipinski definition) is 2. The van der Waals surface area contributed by atoms with Crippen LogP contribution in [0.1, 0.15) is 28.3 Å². The van der Waals surface area contributed by atoms with Crippen molar-refractivity contribution < 1.29 is 22.0 Å². The molecule has 0 aliphatic carbocycles. The second-order valence-corrected chi connectivity index (χ2v) is 11.5. The number of sulfone groups is 1. The van der Waals surface area contributed by atoms with Crippen molar-refractivity contribution in [2.24, 2.45) is 0 Å². The Balaban J connectivity index is 1.40. The smallest absolute Gasteiger partial charge is 0.148 e. The summed E-state index contributed by atoms with van der Waals surface area (Å²) in [7, 11) is -3.01. The molecular weight excluding hydrogens is 543 g/mol. The lowest BCUT2D eigenvalue weighted by atomic mass is 10.2. The summed E-state index contributed by atoms with van der Waals surface area (Å²) in [6.45, 7) is 2.84. The molecule has 0 spiro atoms. The molecule has 0 radical (unpaired) electrons. The zero-order chi connectivity index (χ0) is 27.8. The molecule has 0 fully saturated rings. The highest BCUT2D eigenvalue weighted by atomic mass is 35.5. The standard InChI is InChI=1S/C28H28ClFN4O4S/c1-19-25(10-9-23-7-8-24(38-23)16-31-12-13-39(2,35)36)28(33-18-32-19)34-22-6-11-27(26(29)15-22)37-17-20-4-3-5-21(30)14-20/h3-11,14-15,18,31H,12-13,16-17H2,1-2H3,(H,32,33,34)/b10-9+. The largest absolute Gasteiger partial charge is 0.487 e.